The first kappa shape index (κ1) is 23.8. The summed E-state index contributed by atoms with van der Waals surface area (Å²) in [7, 11) is 0. The minimum Gasteiger partial charge on any atom is -0.478 e. The van der Waals surface area contributed by atoms with Crippen LogP contribution in [0.5, 0.6) is 0 Å². The van der Waals surface area contributed by atoms with Crippen LogP contribution in [-0.2, 0) is 24.4 Å². The summed E-state index contributed by atoms with van der Waals surface area (Å²) in [4.78, 5) is 18.3. The van der Waals surface area contributed by atoms with Gasteiger partial charge in [-0.2, -0.15) is 0 Å². The maximum Gasteiger partial charge on any atom is 0.335 e. The van der Waals surface area contributed by atoms with E-state index in [1.54, 1.807) is 6.07 Å². The molecule has 0 amide bonds. The second-order valence-electron chi connectivity index (χ2n) is 9.38. The van der Waals surface area contributed by atoms with Crippen LogP contribution < -0.4 is 0 Å². The molecular weight excluding hydrogens is 421 g/mol. The number of hydrogen-bond acceptors (Lipinski definition) is 5. The fourth-order valence-electron chi connectivity index (χ4n) is 5.01. The van der Waals surface area contributed by atoms with Crippen LogP contribution in [0.1, 0.15) is 40.9 Å². The molecule has 2 heterocycles. The molecule has 6 nitrogen and oxygen atoms in total. The summed E-state index contributed by atoms with van der Waals surface area (Å²) >= 11 is 0. The van der Waals surface area contributed by atoms with E-state index in [-0.39, 0.29) is 5.56 Å². The number of ether oxygens (including phenoxy) is 1. The molecule has 7 heteroatoms. The Labute approximate surface area is 195 Å². The fourth-order valence-corrected chi connectivity index (χ4v) is 5.01. The smallest absolute Gasteiger partial charge is 0.335 e. The Kier molecular flexibility index (Phi) is 7.75. The third-order valence-electron chi connectivity index (χ3n) is 6.74. The van der Waals surface area contributed by atoms with Gasteiger partial charge in [0.2, 0.25) is 0 Å². The predicted molar refractivity (Wildman–Crippen MR) is 126 cm³/mol. The van der Waals surface area contributed by atoms with Crippen LogP contribution in [0.4, 0.5) is 4.39 Å². The SMILES string of the molecule is C[C@@H]1CN(Cc2ccc(C(=O)O)cc2F)C[C@H](C)N1Cc1cccc(CN2CCOCC2)c1. The van der Waals surface area contributed by atoms with Crippen LogP contribution in [0.15, 0.2) is 42.5 Å². The summed E-state index contributed by atoms with van der Waals surface area (Å²) in [5, 5.41) is 9.05. The van der Waals surface area contributed by atoms with Gasteiger partial charge in [0.05, 0.1) is 18.8 Å². The van der Waals surface area contributed by atoms with Crippen molar-refractivity contribution in [2.45, 2.75) is 45.6 Å². The molecule has 0 unspecified atom stereocenters. The average molecular weight is 456 g/mol. The normalized spacial score (nSPS) is 23.0. The highest BCUT2D eigenvalue weighted by Crippen LogP contribution is 2.22. The first-order valence-electron chi connectivity index (χ1n) is 11.8. The fraction of sp³-hybridized carbons (Fsp3) is 0.500. The van der Waals surface area contributed by atoms with Gasteiger partial charge >= 0.3 is 5.97 Å². The molecular formula is C26H34FN3O3. The Morgan fingerprint density at radius 3 is 2.27 bits per heavy atom. The number of morpholine rings is 1. The van der Waals surface area contributed by atoms with Crippen LogP contribution >= 0.6 is 0 Å². The van der Waals surface area contributed by atoms with E-state index in [1.165, 1.54) is 17.2 Å². The maximum absolute atomic E-state index is 14.4. The molecule has 0 spiro atoms. The van der Waals surface area contributed by atoms with Crippen molar-refractivity contribution in [3.05, 3.63) is 70.5 Å². The number of rotatable bonds is 7. The molecule has 0 saturated carbocycles. The van der Waals surface area contributed by atoms with Gasteiger partial charge in [0.15, 0.2) is 0 Å². The molecule has 2 aromatic rings. The molecule has 2 atom stereocenters. The Morgan fingerprint density at radius 1 is 0.970 bits per heavy atom. The summed E-state index contributed by atoms with van der Waals surface area (Å²) in [5.74, 6) is -1.56. The van der Waals surface area contributed by atoms with E-state index in [0.717, 1.165) is 58.5 Å². The number of carboxylic acid groups (broad SMARTS) is 1. The van der Waals surface area contributed by atoms with E-state index in [4.69, 9.17) is 9.84 Å². The van der Waals surface area contributed by atoms with Crippen molar-refractivity contribution < 1.29 is 19.0 Å². The summed E-state index contributed by atoms with van der Waals surface area (Å²) in [5.41, 5.74) is 3.19. The molecule has 1 N–H and O–H groups in total. The van der Waals surface area contributed by atoms with Gasteiger partial charge in [-0.15, -0.1) is 0 Å². The highest BCUT2D eigenvalue weighted by molar-refractivity contribution is 5.87. The van der Waals surface area contributed by atoms with Gasteiger partial charge in [-0.3, -0.25) is 14.7 Å². The zero-order valence-corrected chi connectivity index (χ0v) is 19.5. The van der Waals surface area contributed by atoms with Gasteiger partial charge in [-0.1, -0.05) is 30.3 Å². The van der Waals surface area contributed by atoms with Gasteiger partial charge < -0.3 is 9.84 Å². The molecule has 33 heavy (non-hydrogen) atoms. The van der Waals surface area contributed by atoms with E-state index < -0.39 is 11.8 Å². The van der Waals surface area contributed by atoms with E-state index in [1.807, 2.05) is 0 Å². The largest absolute Gasteiger partial charge is 0.478 e. The van der Waals surface area contributed by atoms with Crippen molar-refractivity contribution in [3.63, 3.8) is 0 Å². The molecule has 2 fully saturated rings. The molecule has 4 rings (SSSR count). The van der Waals surface area contributed by atoms with Gasteiger partial charge in [0.25, 0.3) is 0 Å². The van der Waals surface area contributed by atoms with Crippen molar-refractivity contribution >= 4 is 5.97 Å². The Bertz CT molecular complexity index is 952. The van der Waals surface area contributed by atoms with E-state index in [2.05, 4.69) is 52.8 Å². The van der Waals surface area contributed by atoms with Gasteiger partial charge in [0.1, 0.15) is 5.82 Å². The van der Waals surface area contributed by atoms with Crippen LogP contribution in [0.2, 0.25) is 0 Å². The van der Waals surface area contributed by atoms with Gasteiger partial charge in [-0.05, 0) is 37.1 Å². The number of carbonyl (C=O) groups is 1. The van der Waals surface area contributed by atoms with Gasteiger partial charge in [-0.25, -0.2) is 9.18 Å². The van der Waals surface area contributed by atoms with Crippen molar-refractivity contribution in [2.75, 3.05) is 39.4 Å². The number of aromatic carboxylic acids is 1. The molecule has 0 aromatic heterocycles. The maximum atomic E-state index is 14.4. The van der Waals surface area contributed by atoms with Crippen LogP contribution in [0, 0.1) is 5.82 Å². The molecule has 178 valence electrons. The van der Waals surface area contributed by atoms with Crippen molar-refractivity contribution in [1.82, 2.24) is 14.7 Å². The zero-order chi connectivity index (χ0) is 23.4. The molecule has 0 radical (unpaired) electrons. The summed E-state index contributed by atoms with van der Waals surface area (Å²) in [6.45, 7) is 12.1. The third-order valence-corrected chi connectivity index (χ3v) is 6.74. The number of hydrogen-bond donors (Lipinski definition) is 1. The van der Waals surface area contributed by atoms with Crippen LogP contribution in [0.3, 0.4) is 0 Å². The molecule has 2 saturated heterocycles. The van der Waals surface area contributed by atoms with Gasteiger partial charge in [0, 0.05) is 63.5 Å². The Morgan fingerprint density at radius 2 is 1.64 bits per heavy atom. The lowest BCUT2D eigenvalue weighted by Gasteiger charge is -2.44. The van der Waals surface area contributed by atoms with Crippen molar-refractivity contribution in [3.8, 4) is 0 Å². The number of nitrogens with zero attached hydrogens (tertiary/aromatic N) is 3. The number of carboxylic acids is 1. The monoisotopic (exact) mass is 455 g/mol. The quantitative estimate of drug-likeness (QED) is 0.690. The van der Waals surface area contributed by atoms with E-state index in [0.29, 0.717) is 24.2 Å². The van der Waals surface area contributed by atoms with Crippen molar-refractivity contribution in [1.29, 1.82) is 0 Å². The number of piperazine rings is 1. The minimum atomic E-state index is -1.11. The lowest BCUT2D eigenvalue weighted by Crippen LogP contribution is -2.55. The standard InChI is InChI=1S/C26H34FN3O3/c1-19-14-29(18-24-7-6-23(26(31)32)13-25(24)27)15-20(2)30(19)17-22-5-3-4-21(12-22)16-28-8-10-33-11-9-28/h3-7,12-13,19-20H,8-11,14-18H2,1-2H3,(H,31,32)/t19-,20+. The summed E-state index contributed by atoms with van der Waals surface area (Å²) in [6.07, 6.45) is 0. The Balaban J connectivity index is 1.36. The second-order valence-corrected chi connectivity index (χ2v) is 9.38. The number of benzene rings is 2. The highest BCUT2D eigenvalue weighted by atomic mass is 19.1. The predicted octanol–water partition coefficient (Wildman–Crippen LogP) is 3.45. The molecule has 0 bridgehead atoms. The topological polar surface area (TPSA) is 56.3 Å². The lowest BCUT2D eigenvalue weighted by atomic mass is 10.0. The molecule has 2 aliphatic rings. The summed E-state index contributed by atoms with van der Waals surface area (Å²) < 4.78 is 19.9. The highest BCUT2D eigenvalue weighted by Gasteiger charge is 2.30. The second kappa shape index (κ2) is 10.7. The third kappa shape index (κ3) is 6.18. The minimum absolute atomic E-state index is 0.0151. The van der Waals surface area contributed by atoms with Crippen LogP contribution in [0.25, 0.3) is 0 Å². The molecule has 2 aliphatic heterocycles. The van der Waals surface area contributed by atoms with Crippen LogP contribution in [-0.4, -0.2) is 77.3 Å². The van der Waals surface area contributed by atoms with E-state index >= 15 is 0 Å². The molecule has 2 aromatic carbocycles. The Hall–Kier alpha value is -2.32. The van der Waals surface area contributed by atoms with Crippen molar-refractivity contribution in [2.24, 2.45) is 0 Å². The van der Waals surface area contributed by atoms with E-state index in [9.17, 15) is 9.18 Å². The first-order chi connectivity index (χ1) is 15.9. The average Bonchev–Trinajstić information content (AvgIpc) is 2.78. The first-order valence-corrected chi connectivity index (χ1v) is 11.8. The lowest BCUT2D eigenvalue weighted by molar-refractivity contribution is 0.0283. The number of halogens is 1. The summed E-state index contributed by atoms with van der Waals surface area (Å²) in [6, 6.07) is 13.7. The molecule has 0 aliphatic carbocycles. The zero-order valence-electron chi connectivity index (χ0n) is 19.5.